The first-order valence-electron chi connectivity index (χ1n) is 10.5. The van der Waals surface area contributed by atoms with Gasteiger partial charge in [0.15, 0.2) is 22.1 Å². The molecule has 0 saturated heterocycles. The van der Waals surface area contributed by atoms with Crippen molar-refractivity contribution in [1.82, 2.24) is 23.7 Å². The van der Waals surface area contributed by atoms with E-state index in [1.165, 1.54) is 23.4 Å². The molecule has 0 unspecified atom stereocenters. The van der Waals surface area contributed by atoms with Crippen molar-refractivity contribution >= 4 is 51.2 Å². The number of carbonyl (C=O) groups excluding carboxylic acids is 1. The fraction of sp³-hybridized carbons (Fsp3) is 0.167. The van der Waals surface area contributed by atoms with E-state index in [1.807, 2.05) is 36.4 Å². The summed E-state index contributed by atoms with van der Waals surface area (Å²) >= 11 is 7.26. The second-order valence-electron chi connectivity index (χ2n) is 7.94. The Morgan fingerprint density at radius 3 is 2.56 bits per heavy atom. The van der Waals surface area contributed by atoms with Crippen LogP contribution < -0.4 is 11.2 Å². The van der Waals surface area contributed by atoms with Crippen LogP contribution in [0, 0.1) is 0 Å². The van der Waals surface area contributed by atoms with Gasteiger partial charge in [0, 0.05) is 41.8 Å². The van der Waals surface area contributed by atoms with Gasteiger partial charge >= 0.3 is 5.69 Å². The lowest BCUT2D eigenvalue weighted by Crippen LogP contribution is -2.37. The first-order chi connectivity index (χ1) is 16.3. The molecule has 2 aromatic carbocycles. The van der Waals surface area contributed by atoms with Crippen LogP contribution in [0.5, 0.6) is 0 Å². The van der Waals surface area contributed by atoms with Gasteiger partial charge in [-0.25, -0.2) is 9.78 Å². The fourth-order valence-electron chi connectivity index (χ4n) is 3.97. The standard InChI is InChI=1S/C24H20ClN5O3S/c1-28-21-20(22(32)29(2)24(28)33)30(12-14-7-9-15(25)10-8-14)23(27-21)34-13-19(31)17-11-26-18-6-4-3-5-16(17)18/h3-11,26H,12-13H2,1-2H3. The summed E-state index contributed by atoms with van der Waals surface area (Å²) in [6, 6.07) is 14.9. The molecule has 0 bridgehead atoms. The highest BCUT2D eigenvalue weighted by Gasteiger charge is 2.21. The van der Waals surface area contributed by atoms with Crippen LogP contribution in [0.3, 0.4) is 0 Å². The number of H-pyrrole nitrogens is 1. The van der Waals surface area contributed by atoms with E-state index in [0.29, 0.717) is 27.8 Å². The fourth-order valence-corrected chi connectivity index (χ4v) is 4.97. The summed E-state index contributed by atoms with van der Waals surface area (Å²) in [7, 11) is 3.02. The number of hydrogen-bond donors (Lipinski definition) is 1. The molecule has 8 nitrogen and oxygen atoms in total. The van der Waals surface area contributed by atoms with E-state index >= 15 is 0 Å². The number of nitrogens with zero attached hydrogens (tertiary/aromatic N) is 4. The predicted molar refractivity (Wildman–Crippen MR) is 134 cm³/mol. The number of ketones is 1. The Labute approximate surface area is 202 Å². The summed E-state index contributed by atoms with van der Waals surface area (Å²) in [6.45, 7) is 0.338. The molecule has 0 fully saturated rings. The van der Waals surface area contributed by atoms with Gasteiger partial charge in [-0.2, -0.15) is 0 Å². The number of halogens is 1. The molecule has 5 aromatic rings. The molecule has 34 heavy (non-hydrogen) atoms. The molecule has 0 aliphatic carbocycles. The summed E-state index contributed by atoms with van der Waals surface area (Å²) in [6.07, 6.45) is 1.71. The van der Waals surface area contributed by atoms with Crippen LogP contribution in [0.4, 0.5) is 0 Å². The van der Waals surface area contributed by atoms with Crippen LogP contribution >= 0.6 is 23.4 Å². The van der Waals surface area contributed by atoms with Crippen molar-refractivity contribution in [2.75, 3.05) is 5.75 Å². The minimum atomic E-state index is -0.458. The highest BCUT2D eigenvalue weighted by Crippen LogP contribution is 2.26. The third-order valence-electron chi connectivity index (χ3n) is 5.79. The van der Waals surface area contributed by atoms with E-state index in [2.05, 4.69) is 9.97 Å². The zero-order chi connectivity index (χ0) is 24.0. The van der Waals surface area contributed by atoms with E-state index < -0.39 is 11.2 Å². The smallest absolute Gasteiger partial charge is 0.332 e. The van der Waals surface area contributed by atoms with Gasteiger partial charge in [-0.05, 0) is 23.8 Å². The number of Topliss-reactive ketones (excluding diaryl/α,β-unsaturated/α-hetero) is 1. The number of nitrogens with one attached hydrogen (secondary N) is 1. The summed E-state index contributed by atoms with van der Waals surface area (Å²) in [5, 5.41) is 1.95. The molecule has 0 aliphatic rings. The van der Waals surface area contributed by atoms with Gasteiger partial charge in [-0.1, -0.05) is 53.7 Å². The largest absolute Gasteiger partial charge is 0.360 e. The Bertz CT molecular complexity index is 1680. The molecule has 172 valence electrons. The van der Waals surface area contributed by atoms with Crippen molar-refractivity contribution < 1.29 is 4.79 Å². The second kappa shape index (κ2) is 8.66. The molecule has 0 aliphatic heterocycles. The molecule has 0 saturated carbocycles. The van der Waals surface area contributed by atoms with Gasteiger partial charge in [0.25, 0.3) is 5.56 Å². The van der Waals surface area contributed by atoms with E-state index in [4.69, 9.17) is 11.6 Å². The Kier molecular flexibility index (Phi) is 5.66. The van der Waals surface area contributed by atoms with Gasteiger partial charge < -0.3 is 9.55 Å². The van der Waals surface area contributed by atoms with Crippen molar-refractivity contribution in [1.29, 1.82) is 0 Å². The second-order valence-corrected chi connectivity index (χ2v) is 9.32. The maximum Gasteiger partial charge on any atom is 0.332 e. The predicted octanol–water partition coefficient (Wildman–Crippen LogP) is 3.59. The van der Waals surface area contributed by atoms with E-state index in [9.17, 15) is 14.4 Å². The maximum absolute atomic E-state index is 13.0. The van der Waals surface area contributed by atoms with Crippen LogP contribution in [0.15, 0.2) is 69.5 Å². The van der Waals surface area contributed by atoms with Crippen LogP contribution in [-0.2, 0) is 20.6 Å². The first kappa shape index (κ1) is 22.2. The summed E-state index contributed by atoms with van der Waals surface area (Å²) in [5.41, 5.74) is 2.10. The Morgan fingerprint density at radius 2 is 1.79 bits per heavy atom. The third kappa shape index (κ3) is 3.76. The van der Waals surface area contributed by atoms with Crippen LogP contribution in [0.25, 0.3) is 22.1 Å². The molecule has 0 radical (unpaired) electrons. The molecule has 10 heteroatoms. The molecule has 5 rings (SSSR count). The van der Waals surface area contributed by atoms with Crippen LogP contribution in [0.1, 0.15) is 15.9 Å². The minimum absolute atomic E-state index is 0.0608. The number of benzene rings is 2. The van der Waals surface area contributed by atoms with Crippen molar-refractivity contribution in [3.05, 3.63) is 91.7 Å². The lowest BCUT2D eigenvalue weighted by atomic mass is 10.1. The number of fused-ring (bicyclic) bond motifs is 2. The average molecular weight is 494 g/mol. The molecule has 0 atom stereocenters. The summed E-state index contributed by atoms with van der Waals surface area (Å²) < 4.78 is 4.17. The molecule has 3 heterocycles. The summed E-state index contributed by atoms with van der Waals surface area (Å²) in [5.74, 6) is 0.0643. The van der Waals surface area contributed by atoms with Crippen molar-refractivity contribution in [3.8, 4) is 0 Å². The molecule has 0 amide bonds. The molecule has 0 spiro atoms. The normalized spacial score (nSPS) is 11.5. The SMILES string of the molecule is Cn1c(=O)c2c(nc(SCC(=O)c3c[nH]c4ccccc34)n2Cc2ccc(Cl)cc2)n(C)c1=O. The highest BCUT2D eigenvalue weighted by molar-refractivity contribution is 7.99. The molecule has 3 aromatic heterocycles. The zero-order valence-electron chi connectivity index (χ0n) is 18.4. The average Bonchev–Trinajstić information content (AvgIpc) is 3.43. The third-order valence-corrected chi connectivity index (χ3v) is 7.02. The van der Waals surface area contributed by atoms with Gasteiger partial charge in [0.1, 0.15) is 0 Å². The number of rotatable bonds is 6. The Morgan fingerprint density at radius 1 is 1.06 bits per heavy atom. The van der Waals surface area contributed by atoms with Crippen molar-refractivity contribution in [2.24, 2.45) is 14.1 Å². The zero-order valence-corrected chi connectivity index (χ0v) is 20.0. The summed E-state index contributed by atoms with van der Waals surface area (Å²) in [4.78, 5) is 46.3. The molecule has 1 N–H and O–H groups in total. The Hall–Kier alpha value is -3.56. The monoisotopic (exact) mass is 493 g/mol. The lowest BCUT2D eigenvalue weighted by Gasteiger charge is -2.10. The lowest BCUT2D eigenvalue weighted by molar-refractivity contribution is 0.102. The number of aromatic nitrogens is 5. The minimum Gasteiger partial charge on any atom is -0.360 e. The topological polar surface area (TPSA) is 94.7 Å². The number of carbonyl (C=O) groups is 1. The number of thioether (sulfide) groups is 1. The first-order valence-corrected chi connectivity index (χ1v) is 11.8. The molecular formula is C24H20ClN5O3S. The van der Waals surface area contributed by atoms with Gasteiger partial charge in [-0.15, -0.1) is 0 Å². The molecular weight excluding hydrogens is 474 g/mol. The van der Waals surface area contributed by atoms with Crippen LogP contribution in [0.2, 0.25) is 5.02 Å². The van der Waals surface area contributed by atoms with E-state index in [1.54, 1.807) is 29.9 Å². The van der Waals surface area contributed by atoms with Gasteiger partial charge in [-0.3, -0.25) is 18.7 Å². The number of aryl methyl sites for hydroxylation is 1. The number of imidazole rings is 1. The van der Waals surface area contributed by atoms with E-state index in [0.717, 1.165) is 21.0 Å². The van der Waals surface area contributed by atoms with Crippen molar-refractivity contribution in [3.63, 3.8) is 0 Å². The number of para-hydroxylation sites is 1. The quantitative estimate of drug-likeness (QED) is 0.288. The van der Waals surface area contributed by atoms with Gasteiger partial charge in [0.05, 0.1) is 12.3 Å². The number of hydrogen-bond acceptors (Lipinski definition) is 5. The maximum atomic E-state index is 13.0. The highest BCUT2D eigenvalue weighted by atomic mass is 35.5. The van der Waals surface area contributed by atoms with Crippen molar-refractivity contribution in [2.45, 2.75) is 11.7 Å². The van der Waals surface area contributed by atoms with E-state index in [-0.39, 0.29) is 17.2 Å². The Balaban J connectivity index is 1.56. The number of aromatic amines is 1. The van der Waals surface area contributed by atoms with Gasteiger partial charge in [0.2, 0.25) is 0 Å². The van der Waals surface area contributed by atoms with Crippen LogP contribution in [-0.4, -0.2) is 35.2 Å².